The molecule has 1 aromatic rings. The summed E-state index contributed by atoms with van der Waals surface area (Å²) in [4.78, 5) is 11.1. The maximum Gasteiger partial charge on any atom is 0.315 e. The Hall–Kier alpha value is -1.78. The van der Waals surface area contributed by atoms with Crippen molar-refractivity contribution >= 4 is 17.1 Å². The lowest BCUT2D eigenvalue weighted by atomic mass is 9.80. The van der Waals surface area contributed by atoms with E-state index >= 15 is 0 Å². The molecule has 0 bridgehead atoms. The van der Waals surface area contributed by atoms with Gasteiger partial charge in [-0.3, -0.25) is 10.1 Å². The summed E-state index contributed by atoms with van der Waals surface area (Å²) in [5, 5.41) is 17.9. The van der Waals surface area contributed by atoms with Gasteiger partial charge in [-0.2, -0.15) is 0 Å². The second-order valence-corrected chi connectivity index (χ2v) is 6.14. The number of hydrogen-bond donors (Lipinski definition) is 2. The molecule has 3 atom stereocenters. The molecule has 1 aromatic carbocycles. The largest absolute Gasteiger partial charge is 0.380 e. The Morgan fingerprint density at radius 3 is 2.62 bits per heavy atom. The lowest BCUT2D eigenvalue weighted by Gasteiger charge is -2.33. The van der Waals surface area contributed by atoms with Gasteiger partial charge < -0.3 is 10.6 Å². The monoisotopic (exact) mass is 291 g/mol. The topological polar surface area (TPSA) is 67.2 Å². The van der Waals surface area contributed by atoms with Crippen LogP contribution in [0.3, 0.4) is 0 Å². The highest BCUT2D eigenvalue weighted by atomic mass is 16.6. The predicted molar refractivity (Wildman–Crippen MR) is 86.8 cm³/mol. The van der Waals surface area contributed by atoms with E-state index in [1.54, 1.807) is 6.07 Å². The second-order valence-electron chi connectivity index (χ2n) is 6.14. The van der Waals surface area contributed by atoms with Gasteiger partial charge in [-0.1, -0.05) is 19.9 Å². The highest BCUT2D eigenvalue weighted by Gasteiger charge is 2.28. The maximum absolute atomic E-state index is 11.4. The van der Waals surface area contributed by atoms with Crippen molar-refractivity contribution in [3.8, 4) is 0 Å². The Kier molecular flexibility index (Phi) is 5.04. The van der Waals surface area contributed by atoms with Crippen LogP contribution >= 0.6 is 0 Å². The van der Waals surface area contributed by atoms with E-state index < -0.39 is 0 Å². The zero-order valence-electron chi connectivity index (χ0n) is 13.1. The van der Waals surface area contributed by atoms with Crippen molar-refractivity contribution in [3.63, 3.8) is 0 Å². The van der Waals surface area contributed by atoms with Crippen molar-refractivity contribution in [3.05, 3.63) is 28.3 Å². The van der Waals surface area contributed by atoms with E-state index in [-0.39, 0.29) is 10.6 Å². The van der Waals surface area contributed by atoms with Crippen LogP contribution in [-0.4, -0.2) is 17.5 Å². The van der Waals surface area contributed by atoms with Crippen LogP contribution in [0, 0.1) is 22.0 Å². The van der Waals surface area contributed by atoms with E-state index in [2.05, 4.69) is 24.5 Å². The molecule has 3 unspecified atom stereocenters. The standard InChI is InChI=1S/C16H25N3O2/c1-4-17-14-6-5-7-15(16(14)19(20)21)18-13-9-8-11(2)10-12(13)3/h5-7,11-13,17-18H,4,8-10H2,1-3H3. The van der Waals surface area contributed by atoms with Gasteiger partial charge in [0.1, 0.15) is 11.4 Å². The molecule has 5 heteroatoms. The van der Waals surface area contributed by atoms with E-state index in [0.29, 0.717) is 29.9 Å². The molecule has 5 nitrogen and oxygen atoms in total. The van der Waals surface area contributed by atoms with Gasteiger partial charge >= 0.3 is 5.69 Å². The summed E-state index contributed by atoms with van der Waals surface area (Å²) >= 11 is 0. The van der Waals surface area contributed by atoms with Crippen LogP contribution < -0.4 is 10.6 Å². The van der Waals surface area contributed by atoms with Crippen molar-refractivity contribution in [1.29, 1.82) is 0 Å². The quantitative estimate of drug-likeness (QED) is 0.628. The smallest absolute Gasteiger partial charge is 0.315 e. The zero-order valence-corrected chi connectivity index (χ0v) is 13.1. The summed E-state index contributed by atoms with van der Waals surface area (Å²) in [6.45, 7) is 7.12. The number of nitro benzene ring substituents is 1. The number of nitrogens with one attached hydrogen (secondary N) is 2. The van der Waals surface area contributed by atoms with Gasteiger partial charge in [0.25, 0.3) is 0 Å². The molecule has 1 saturated carbocycles. The molecular formula is C16H25N3O2. The highest BCUT2D eigenvalue weighted by Crippen LogP contribution is 2.36. The van der Waals surface area contributed by atoms with Crippen LogP contribution in [0.2, 0.25) is 0 Å². The Bertz CT molecular complexity index is 504. The first-order chi connectivity index (χ1) is 10.0. The van der Waals surface area contributed by atoms with E-state index in [9.17, 15) is 10.1 Å². The first-order valence-electron chi connectivity index (χ1n) is 7.80. The fourth-order valence-electron chi connectivity index (χ4n) is 3.27. The highest BCUT2D eigenvalue weighted by molar-refractivity contribution is 5.76. The first kappa shape index (κ1) is 15.6. The second kappa shape index (κ2) is 6.78. The normalized spacial score (nSPS) is 25.4. The van der Waals surface area contributed by atoms with Crippen molar-refractivity contribution in [2.75, 3.05) is 17.2 Å². The molecule has 1 aliphatic rings. The van der Waals surface area contributed by atoms with Crippen LogP contribution in [0.25, 0.3) is 0 Å². The number of nitrogens with zero attached hydrogens (tertiary/aromatic N) is 1. The average Bonchev–Trinajstić information content (AvgIpc) is 2.42. The molecule has 0 spiro atoms. The van der Waals surface area contributed by atoms with E-state index in [1.807, 2.05) is 19.1 Å². The minimum Gasteiger partial charge on any atom is -0.380 e. The summed E-state index contributed by atoms with van der Waals surface area (Å²) in [5.74, 6) is 1.29. The lowest BCUT2D eigenvalue weighted by Crippen LogP contribution is -2.33. The van der Waals surface area contributed by atoms with E-state index in [1.165, 1.54) is 12.8 Å². The van der Waals surface area contributed by atoms with Crippen molar-refractivity contribution in [1.82, 2.24) is 0 Å². The van der Waals surface area contributed by atoms with Gasteiger partial charge in [0, 0.05) is 12.6 Å². The zero-order chi connectivity index (χ0) is 15.4. The molecule has 0 saturated heterocycles. The van der Waals surface area contributed by atoms with Gasteiger partial charge in [0.15, 0.2) is 0 Å². The number of benzene rings is 1. The molecule has 0 radical (unpaired) electrons. The van der Waals surface area contributed by atoms with Crippen molar-refractivity contribution in [2.24, 2.45) is 11.8 Å². The molecule has 0 aromatic heterocycles. The lowest BCUT2D eigenvalue weighted by molar-refractivity contribution is -0.383. The molecule has 21 heavy (non-hydrogen) atoms. The molecule has 116 valence electrons. The third kappa shape index (κ3) is 3.65. The van der Waals surface area contributed by atoms with Gasteiger partial charge in [0.05, 0.1) is 4.92 Å². The Balaban J connectivity index is 2.23. The van der Waals surface area contributed by atoms with E-state index in [4.69, 9.17) is 0 Å². The summed E-state index contributed by atoms with van der Waals surface area (Å²) < 4.78 is 0. The summed E-state index contributed by atoms with van der Waals surface area (Å²) in [7, 11) is 0. The number of rotatable bonds is 5. The fourth-order valence-corrected chi connectivity index (χ4v) is 3.27. The van der Waals surface area contributed by atoms with Crippen LogP contribution in [0.5, 0.6) is 0 Å². The van der Waals surface area contributed by atoms with Gasteiger partial charge in [0.2, 0.25) is 0 Å². The predicted octanol–water partition coefficient (Wildman–Crippen LogP) is 4.26. The number of nitro groups is 1. The molecule has 1 aliphatic carbocycles. The molecule has 0 aliphatic heterocycles. The van der Waals surface area contributed by atoms with Gasteiger partial charge in [-0.15, -0.1) is 0 Å². The number of hydrogen-bond acceptors (Lipinski definition) is 4. The Labute approximate surface area is 126 Å². The van der Waals surface area contributed by atoms with Crippen molar-refractivity contribution < 1.29 is 4.92 Å². The average molecular weight is 291 g/mol. The van der Waals surface area contributed by atoms with Crippen molar-refractivity contribution in [2.45, 2.75) is 46.1 Å². The number of para-hydroxylation sites is 1. The third-order valence-electron chi connectivity index (χ3n) is 4.36. The molecule has 2 rings (SSSR count). The first-order valence-corrected chi connectivity index (χ1v) is 7.80. The minimum atomic E-state index is -0.295. The van der Waals surface area contributed by atoms with Crippen LogP contribution in [-0.2, 0) is 0 Å². The SMILES string of the molecule is CCNc1cccc(NC2CCC(C)CC2C)c1[N+](=O)[O-]. The molecule has 1 fully saturated rings. The molecule has 0 amide bonds. The summed E-state index contributed by atoms with van der Waals surface area (Å²) in [6.07, 6.45) is 3.44. The Morgan fingerprint density at radius 1 is 1.29 bits per heavy atom. The van der Waals surface area contributed by atoms with E-state index in [0.717, 1.165) is 12.3 Å². The van der Waals surface area contributed by atoms with Crippen LogP contribution in [0.4, 0.5) is 17.1 Å². The molecule has 0 heterocycles. The minimum absolute atomic E-state index is 0.158. The molecule has 2 N–H and O–H groups in total. The maximum atomic E-state index is 11.4. The molecular weight excluding hydrogens is 266 g/mol. The number of anilines is 2. The van der Waals surface area contributed by atoms with Crippen LogP contribution in [0.1, 0.15) is 40.0 Å². The van der Waals surface area contributed by atoms with Gasteiger partial charge in [-0.05, 0) is 50.2 Å². The summed E-state index contributed by atoms with van der Waals surface area (Å²) in [6, 6.07) is 5.75. The van der Waals surface area contributed by atoms with Crippen LogP contribution in [0.15, 0.2) is 18.2 Å². The third-order valence-corrected chi connectivity index (χ3v) is 4.36. The Morgan fingerprint density at radius 2 is 2.00 bits per heavy atom. The fraction of sp³-hybridized carbons (Fsp3) is 0.625. The van der Waals surface area contributed by atoms with Gasteiger partial charge in [-0.25, -0.2) is 0 Å². The summed E-state index contributed by atoms with van der Waals surface area (Å²) in [5.41, 5.74) is 1.37.